The van der Waals surface area contributed by atoms with Crippen molar-refractivity contribution < 1.29 is 19.5 Å². The van der Waals surface area contributed by atoms with Gasteiger partial charge in [0.1, 0.15) is 0 Å². The highest BCUT2D eigenvalue weighted by Gasteiger charge is 2.26. The highest BCUT2D eigenvalue weighted by Crippen LogP contribution is 2.17. The van der Waals surface area contributed by atoms with E-state index in [-0.39, 0.29) is 17.6 Å². The number of ketones is 1. The molecule has 0 aliphatic carbocycles. The van der Waals surface area contributed by atoms with Gasteiger partial charge < -0.3 is 15.7 Å². The molecule has 144 valence electrons. The Morgan fingerprint density at radius 2 is 1.69 bits per heavy atom. The number of nitrogens with one attached hydrogen (secondary N) is 2. The molecule has 2 atom stereocenters. The highest BCUT2D eigenvalue weighted by molar-refractivity contribution is 5.91. The van der Waals surface area contributed by atoms with E-state index in [0.717, 1.165) is 12.0 Å². The average molecular weight is 362 g/mol. The Kier molecular flexibility index (Phi) is 8.45. The fraction of sp³-hybridized carbons (Fsp3) is 0.550. The summed E-state index contributed by atoms with van der Waals surface area (Å²) in [7, 11) is 0. The van der Waals surface area contributed by atoms with Crippen molar-refractivity contribution in [2.75, 3.05) is 6.54 Å². The molecule has 0 radical (unpaired) electrons. The highest BCUT2D eigenvalue weighted by atomic mass is 16.4. The van der Waals surface area contributed by atoms with Crippen LogP contribution in [-0.2, 0) is 20.8 Å². The van der Waals surface area contributed by atoms with Gasteiger partial charge in [-0.05, 0) is 37.3 Å². The Balaban J connectivity index is 2.74. The lowest BCUT2D eigenvalue weighted by Gasteiger charge is -2.23. The van der Waals surface area contributed by atoms with Crippen molar-refractivity contribution in [1.82, 2.24) is 10.6 Å². The Hall–Kier alpha value is -2.21. The second kappa shape index (κ2) is 10.1. The first-order valence-corrected chi connectivity index (χ1v) is 8.88. The molecule has 1 aromatic rings. The Labute approximate surface area is 155 Å². The predicted molar refractivity (Wildman–Crippen MR) is 101 cm³/mol. The summed E-state index contributed by atoms with van der Waals surface area (Å²) in [5.74, 6) is -1.68. The van der Waals surface area contributed by atoms with E-state index in [1.807, 2.05) is 30.3 Å². The maximum atomic E-state index is 12.6. The summed E-state index contributed by atoms with van der Waals surface area (Å²) < 4.78 is 0. The molecule has 0 heterocycles. The lowest BCUT2D eigenvalue weighted by molar-refractivity contribution is -0.140. The summed E-state index contributed by atoms with van der Waals surface area (Å²) >= 11 is 0. The van der Waals surface area contributed by atoms with E-state index in [1.165, 1.54) is 6.92 Å². The monoisotopic (exact) mass is 362 g/mol. The van der Waals surface area contributed by atoms with E-state index in [4.69, 9.17) is 5.11 Å². The van der Waals surface area contributed by atoms with Crippen LogP contribution in [0.15, 0.2) is 30.3 Å². The normalized spacial score (nSPS) is 13.7. The average Bonchev–Trinajstić information content (AvgIpc) is 2.52. The van der Waals surface area contributed by atoms with Gasteiger partial charge in [0.25, 0.3) is 0 Å². The molecule has 3 N–H and O–H groups in total. The van der Waals surface area contributed by atoms with Crippen molar-refractivity contribution in [1.29, 1.82) is 0 Å². The lowest BCUT2D eigenvalue weighted by Crippen LogP contribution is -2.51. The molecule has 0 bridgehead atoms. The molecule has 1 aromatic carbocycles. The zero-order valence-electron chi connectivity index (χ0n) is 16.0. The summed E-state index contributed by atoms with van der Waals surface area (Å²) in [6.45, 7) is 8.18. The minimum atomic E-state index is -1.06. The van der Waals surface area contributed by atoms with E-state index >= 15 is 0 Å². The zero-order chi connectivity index (χ0) is 19.7. The summed E-state index contributed by atoms with van der Waals surface area (Å²) in [5.41, 5.74) is 1.01. The number of aliphatic carboxylic acids is 1. The van der Waals surface area contributed by atoms with Gasteiger partial charge in [-0.15, -0.1) is 0 Å². The number of carboxylic acid groups (broad SMARTS) is 1. The van der Waals surface area contributed by atoms with E-state index in [0.29, 0.717) is 13.0 Å². The number of rotatable bonds is 10. The molecule has 6 nitrogen and oxygen atoms in total. The molecule has 0 aliphatic rings. The van der Waals surface area contributed by atoms with Gasteiger partial charge in [0.05, 0.1) is 18.5 Å². The van der Waals surface area contributed by atoms with Crippen LogP contribution in [0.5, 0.6) is 0 Å². The van der Waals surface area contributed by atoms with Gasteiger partial charge in [0, 0.05) is 0 Å². The first kappa shape index (κ1) is 21.8. The van der Waals surface area contributed by atoms with Gasteiger partial charge in [-0.1, -0.05) is 51.1 Å². The topological polar surface area (TPSA) is 95.5 Å². The molecule has 0 aromatic heterocycles. The molecular formula is C20H30N2O4. The molecule has 0 aliphatic heterocycles. The van der Waals surface area contributed by atoms with E-state index in [1.54, 1.807) is 0 Å². The standard InChI is InChI=1S/C20H30N2O4/c1-14(23)16(12-15-8-6-5-7-9-15)22-19(26)17(13-18(24)25)21-11-10-20(2,3)4/h5-9,16-17,21H,10-13H2,1-4H3,(H,22,26)(H,24,25)/t16-,17-/m0/s1. The third-order valence-electron chi connectivity index (χ3n) is 4.05. The minimum absolute atomic E-state index is 0.0759. The Morgan fingerprint density at radius 1 is 1.08 bits per heavy atom. The number of carbonyl (C=O) groups excluding carboxylic acids is 2. The van der Waals surface area contributed by atoms with Crippen molar-refractivity contribution in [2.24, 2.45) is 5.41 Å². The van der Waals surface area contributed by atoms with Crippen LogP contribution in [0.2, 0.25) is 0 Å². The Bertz CT molecular complexity index is 608. The summed E-state index contributed by atoms with van der Waals surface area (Å²) in [6, 6.07) is 7.85. The summed E-state index contributed by atoms with van der Waals surface area (Å²) in [4.78, 5) is 35.6. The third-order valence-corrected chi connectivity index (χ3v) is 4.05. The second-order valence-corrected chi connectivity index (χ2v) is 7.78. The van der Waals surface area contributed by atoms with Crippen LogP contribution in [0.4, 0.5) is 0 Å². The molecular weight excluding hydrogens is 332 g/mol. The fourth-order valence-electron chi connectivity index (χ4n) is 2.47. The van der Waals surface area contributed by atoms with E-state index in [2.05, 4.69) is 31.4 Å². The van der Waals surface area contributed by atoms with Crippen LogP contribution in [0.25, 0.3) is 0 Å². The third kappa shape index (κ3) is 8.76. The van der Waals surface area contributed by atoms with Crippen molar-refractivity contribution in [2.45, 2.75) is 59.0 Å². The van der Waals surface area contributed by atoms with Gasteiger partial charge >= 0.3 is 5.97 Å². The van der Waals surface area contributed by atoms with Gasteiger partial charge in [0.2, 0.25) is 5.91 Å². The van der Waals surface area contributed by atoms with Crippen LogP contribution in [0.3, 0.4) is 0 Å². The molecule has 26 heavy (non-hydrogen) atoms. The zero-order valence-corrected chi connectivity index (χ0v) is 16.0. The maximum absolute atomic E-state index is 12.6. The SMILES string of the molecule is CC(=O)[C@H](Cc1ccccc1)NC(=O)[C@H](CC(=O)O)NCCC(C)(C)C. The molecule has 0 unspecified atom stereocenters. The van der Waals surface area contributed by atoms with Gasteiger partial charge in [0.15, 0.2) is 5.78 Å². The number of carbonyl (C=O) groups is 3. The van der Waals surface area contributed by atoms with Gasteiger partial charge in [-0.2, -0.15) is 0 Å². The number of carboxylic acids is 1. The molecule has 0 saturated carbocycles. The first-order valence-electron chi connectivity index (χ1n) is 8.88. The number of benzene rings is 1. The molecule has 0 fully saturated rings. The molecule has 1 amide bonds. The number of hydrogen-bond acceptors (Lipinski definition) is 4. The van der Waals surface area contributed by atoms with Gasteiger partial charge in [-0.3, -0.25) is 14.4 Å². The van der Waals surface area contributed by atoms with Gasteiger partial charge in [-0.25, -0.2) is 0 Å². The van der Waals surface area contributed by atoms with Crippen molar-refractivity contribution in [3.8, 4) is 0 Å². The van der Waals surface area contributed by atoms with Crippen molar-refractivity contribution in [3.05, 3.63) is 35.9 Å². The number of hydrogen-bond donors (Lipinski definition) is 3. The lowest BCUT2D eigenvalue weighted by atomic mass is 9.92. The molecule has 6 heteroatoms. The van der Waals surface area contributed by atoms with Crippen molar-refractivity contribution >= 4 is 17.7 Å². The van der Waals surface area contributed by atoms with Crippen molar-refractivity contribution in [3.63, 3.8) is 0 Å². The number of amides is 1. The largest absolute Gasteiger partial charge is 0.481 e. The van der Waals surface area contributed by atoms with E-state index < -0.39 is 24.0 Å². The predicted octanol–water partition coefficient (Wildman–Crippen LogP) is 2.17. The Morgan fingerprint density at radius 3 is 2.19 bits per heavy atom. The quantitative estimate of drug-likeness (QED) is 0.593. The molecule has 0 saturated heterocycles. The van der Waals surface area contributed by atoms with Crippen LogP contribution in [0.1, 0.15) is 46.1 Å². The molecule has 0 spiro atoms. The fourth-order valence-corrected chi connectivity index (χ4v) is 2.47. The van der Waals surface area contributed by atoms with Crippen LogP contribution < -0.4 is 10.6 Å². The van der Waals surface area contributed by atoms with E-state index in [9.17, 15) is 14.4 Å². The minimum Gasteiger partial charge on any atom is -0.481 e. The first-order chi connectivity index (χ1) is 12.1. The molecule has 1 rings (SSSR count). The number of Topliss-reactive ketones (excluding diaryl/α,β-unsaturated/α-hetero) is 1. The smallest absolute Gasteiger partial charge is 0.305 e. The van der Waals surface area contributed by atoms with Crippen LogP contribution in [-0.4, -0.2) is 41.4 Å². The van der Waals surface area contributed by atoms with Crippen LogP contribution in [0, 0.1) is 5.41 Å². The second-order valence-electron chi connectivity index (χ2n) is 7.78. The summed E-state index contributed by atoms with van der Waals surface area (Å²) in [5, 5.41) is 14.8. The van der Waals surface area contributed by atoms with Crippen LogP contribution >= 0.6 is 0 Å². The maximum Gasteiger partial charge on any atom is 0.305 e. The summed E-state index contributed by atoms with van der Waals surface area (Å²) in [6.07, 6.45) is 0.853.